The largest absolute Gasteiger partial charge is 0.397 e. The number of nitrogens with one attached hydrogen (secondary N) is 1. The van der Waals surface area contributed by atoms with Crippen molar-refractivity contribution in [2.45, 2.75) is 13.5 Å². The molecule has 0 fully saturated rings. The molecular formula is C14H14Cl2N2. The van der Waals surface area contributed by atoms with Gasteiger partial charge in [-0.15, -0.1) is 0 Å². The van der Waals surface area contributed by atoms with Crippen molar-refractivity contribution in [3.63, 3.8) is 0 Å². The molecule has 0 spiro atoms. The van der Waals surface area contributed by atoms with E-state index in [2.05, 4.69) is 5.32 Å². The topological polar surface area (TPSA) is 38.0 Å². The van der Waals surface area contributed by atoms with Gasteiger partial charge in [-0.1, -0.05) is 35.3 Å². The van der Waals surface area contributed by atoms with Crippen LogP contribution >= 0.6 is 23.2 Å². The van der Waals surface area contributed by atoms with Crippen molar-refractivity contribution in [2.24, 2.45) is 0 Å². The van der Waals surface area contributed by atoms with Gasteiger partial charge in [0.2, 0.25) is 0 Å². The van der Waals surface area contributed by atoms with Gasteiger partial charge in [0.25, 0.3) is 0 Å². The Hall–Kier alpha value is -1.38. The van der Waals surface area contributed by atoms with E-state index in [0.29, 0.717) is 16.6 Å². The molecule has 2 nitrogen and oxygen atoms in total. The summed E-state index contributed by atoms with van der Waals surface area (Å²) < 4.78 is 0. The first-order valence-corrected chi connectivity index (χ1v) is 6.36. The molecule has 0 aliphatic rings. The van der Waals surface area contributed by atoms with E-state index < -0.39 is 0 Å². The fourth-order valence-electron chi connectivity index (χ4n) is 1.73. The van der Waals surface area contributed by atoms with Crippen LogP contribution in [0.15, 0.2) is 36.4 Å². The molecule has 0 radical (unpaired) electrons. The third-order valence-corrected chi connectivity index (χ3v) is 3.43. The van der Waals surface area contributed by atoms with Gasteiger partial charge in [-0.3, -0.25) is 0 Å². The predicted molar refractivity (Wildman–Crippen MR) is 79.4 cm³/mol. The molecule has 0 aromatic heterocycles. The van der Waals surface area contributed by atoms with Crippen LogP contribution in [0, 0.1) is 6.92 Å². The number of nitrogens with two attached hydrogens (primary N) is 1. The number of benzene rings is 2. The first kappa shape index (κ1) is 13.1. The normalized spacial score (nSPS) is 10.4. The lowest BCUT2D eigenvalue weighted by Gasteiger charge is -2.12. The van der Waals surface area contributed by atoms with Crippen LogP contribution in [0.1, 0.15) is 11.1 Å². The number of rotatable bonds is 3. The molecule has 0 saturated carbocycles. The summed E-state index contributed by atoms with van der Waals surface area (Å²) in [6.07, 6.45) is 0. The second-order valence-electron chi connectivity index (χ2n) is 4.14. The Morgan fingerprint density at radius 2 is 1.78 bits per heavy atom. The van der Waals surface area contributed by atoms with Crippen molar-refractivity contribution >= 4 is 34.6 Å². The monoisotopic (exact) mass is 280 g/mol. The molecule has 0 aliphatic heterocycles. The molecule has 0 aliphatic carbocycles. The highest BCUT2D eigenvalue weighted by Crippen LogP contribution is 2.26. The summed E-state index contributed by atoms with van der Waals surface area (Å²) in [5.74, 6) is 0. The van der Waals surface area contributed by atoms with Crippen LogP contribution in [0.25, 0.3) is 0 Å². The quantitative estimate of drug-likeness (QED) is 0.813. The summed E-state index contributed by atoms with van der Waals surface area (Å²) >= 11 is 12.2. The zero-order valence-corrected chi connectivity index (χ0v) is 11.5. The van der Waals surface area contributed by atoms with Gasteiger partial charge in [0.05, 0.1) is 11.4 Å². The highest BCUT2D eigenvalue weighted by Gasteiger charge is 2.06. The number of nitrogen functional groups attached to an aromatic ring is 1. The Bertz CT molecular complexity index is 547. The zero-order valence-electron chi connectivity index (χ0n) is 10.0. The maximum absolute atomic E-state index is 6.11. The van der Waals surface area contributed by atoms with Crippen LogP contribution in [-0.2, 0) is 6.54 Å². The maximum atomic E-state index is 6.11. The average molecular weight is 281 g/mol. The van der Waals surface area contributed by atoms with Crippen molar-refractivity contribution < 1.29 is 0 Å². The molecule has 94 valence electrons. The van der Waals surface area contributed by atoms with E-state index in [1.54, 1.807) is 0 Å². The summed E-state index contributed by atoms with van der Waals surface area (Å²) in [7, 11) is 0. The summed E-state index contributed by atoms with van der Waals surface area (Å²) in [6, 6.07) is 11.4. The van der Waals surface area contributed by atoms with Crippen LogP contribution in [0.3, 0.4) is 0 Å². The number of aryl methyl sites for hydroxylation is 1. The highest BCUT2D eigenvalue weighted by atomic mass is 35.5. The number of hydrogen-bond donors (Lipinski definition) is 2. The molecule has 18 heavy (non-hydrogen) atoms. The van der Waals surface area contributed by atoms with Crippen molar-refractivity contribution in [1.29, 1.82) is 0 Å². The Kier molecular flexibility index (Phi) is 4.00. The second-order valence-corrected chi connectivity index (χ2v) is 4.96. The van der Waals surface area contributed by atoms with E-state index in [4.69, 9.17) is 28.9 Å². The molecule has 2 aromatic rings. The molecular weight excluding hydrogens is 267 g/mol. The summed E-state index contributed by atoms with van der Waals surface area (Å²) in [6.45, 7) is 2.55. The Labute approximate surface area is 117 Å². The molecule has 4 heteroatoms. The van der Waals surface area contributed by atoms with Gasteiger partial charge in [0.1, 0.15) is 0 Å². The van der Waals surface area contributed by atoms with E-state index >= 15 is 0 Å². The van der Waals surface area contributed by atoms with Gasteiger partial charge >= 0.3 is 0 Å². The van der Waals surface area contributed by atoms with Crippen molar-refractivity contribution in [3.05, 3.63) is 57.6 Å². The predicted octanol–water partition coefficient (Wildman–Crippen LogP) is 4.50. The first-order valence-electron chi connectivity index (χ1n) is 5.61. The minimum absolute atomic E-state index is 0.547. The minimum atomic E-state index is 0.547. The second kappa shape index (κ2) is 5.51. The number of hydrogen-bond acceptors (Lipinski definition) is 2. The lowest BCUT2D eigenvalue weighted by atomic mass is 10.1. The van der Waals surface area contributed by atoms with Crippen LogP contribution in [0.4, 0.5) is 11.4 Å². The van der Waals surface area contributed by atoms with Gasteiger partial charge < -0.3 is 11.1 Å². The van der Waals surface area contributed by atoms with Crippen molar-refractivity contribution in [3.8, 4) is 0 Å². The van der Waals surface area contributed by atoms with Gasteiger partial charge in [0, 0.05) is 22.2 Å². The van der Waals surface area contributed by atoms with Crippen LogP contribution in [0.2, 0.25) is 10.0 Å². The summed E-state index contributed by atoms with van der Waals surface area (Å²) in [5, 5.41) is 4.55. The summed E-state index contributed by atoms with van der Waals surface area (Å²) in [5.41, 5.74) is 9.55. The van der Waals surface area contributed by atoms with Crippen LogP contribution in [0.5, 0.6) is 0 Å². The standard InChI is InChI=1S/C14H14Cl2N2/c1-9-5-6-14(13(17)7-9)18-8-10-11(15)3-2-4-12(10)16/h2-7,18H,8,17H2,1H3. The van der Waals surface area contributed by atoms with E-state index in [9.17, 15) is 0 Å². The lowest BCUT2D eigenvalue weighted by Crippen LogP contribution is -2.03. The van der Waals surface area contributed by atoms with E-state index in [0.717, 1.165) is 22.5 Å². The van der Waals surface area contributed by atoms with Gasteiger partial charge in [0.15, 0.2) is 0 Å². The van der Waals surface area contributed by atoms with Crippen LogP contribution < -0.4 is 11.1 Å². The fraction of sp³-hybridized carbons (Fsp3) is 0.143. The van der Waals surface area contributed by atoms with Crippen molar-refractivity contribution in [2.75, 3.05) is 11.1 Å². The lowest BCUT2D eigenvalue weighted by molar-refractivity contribution is 1.15. The van der Waals surface area contributed by atoms with Crippen LogP contribution in [-0.4, -0.2) is 0 Å². The smallest absolute Gasteiger partial charge is 0.0576 e. The number of anilines is 2. The van der Waals surface area contributed by atoms with Crippen molar-refractivity contribution in [1.82, 2.24) is 0 Å². The minimum Gasteiger partial charge on any atom is -0.397 e. The molecule has 0 bridgehead atoms. The third-order valence-electron chi connectivity index (χ3n) is 2.72. The number of halogens is 2. The maximum Gasteiger partial charge on any atom is 0.0576 e. The average Bonchev–Trinajstić information content (AvgIpc) is 2.31. The van der Waals surface area contributed by atoms with E-state index in [-0.39, 0.29) is 0 Å². The Morgan fingerprint density at radius 3 is 2.39 bits per heavy atom. The molecule has 0 unspecified atom stereocenters. The fourth-order valence-corrected chi connectivity index (χ4v) is 2.26. The molecule has 0 atom stereocenters. The summed E-state index contributed by atoms with van der Waals surface area (Å²) in [4.78, 5) is 0. The molecule has 3 N–H and O–H groups in total. The third kappa shape index (κ3) is 2.89. The molecule has 2 rings (SSSR count). The Morgan fingerprint density at radius 1 is 1.11 bits per heavy atom. The van der Waals surface area contributed by atoms with E-state index in [1.807, 2.05) is 43.3 Å². The zero-order chi connectivity index (χ0) is 13.1. The highest BCUT2D eigenvalue weighted by molar-refractivity contribution is 6.36. The first-order chi connectivity index (χ1) is 8.58. The van der Waals surface area contributed by atoms with Gasteiger partial charge in [-0.25, -0.2) is 0 Å². The molecule has 0 amide bonds. The van der Waals surface area contributed by atoms with Gasteiger partial charge in [-0.05, 0) is 36.8 Å². The molecule has 0 heterocycles. The Balaban J connectivity index is 2.16. The molecule has 2 aromatic carbocycles. The van der Waals surface area contributed by atoms with Gasteiger partial charge in [-0.2, -0.15) is 0 Å². The molecule has 0 saturated heterocycles. The SMILES string of the molecule is Cc1ccc(NCc2c(Cl)cccc2Cl)c(N)c1. The van der Waals surface area contributed by atoms with E-state index in [1.165, 1.54) is 0 Å².